The van der Waals surface area contributed by atoms with Crippen molar-refractivity contribution < 1.29 is 22.7 Å². The molecule has 1 aromatic heterocycles. The van der Waals surface area contributed by atoms with Crippen LogP contribution in [-0.2, 0) is 17.5 Å². The van der Waals surface area contributed by atoms with Crippen LogP contribution in [0.4, 0.5) is 19.1 Å². The van der Waals surface area contributed by atoms with Crippen molar-refractivity contribution in [1.29, 1.82) is 0 Å². The van der Waals surface area contributed by atoms with Crippen LogP contribution in [0.2, 0.25) is 0 Å². The van der Waals surface area contributed by atoms with Gasteiger partial charge in [-0.2, -0.15) is 13.2 Å². The van der Waals surface area contributed by atoms with E-state index in [1.807, 2.05) is 4.90 Å². The molecule has 1 amide bonds. The number of nitrogens with zero attached hydrogens (tertiary/aromatic N) is 3. The molecular weight excluding hydrogens is 361 g/mol. The van der Waals surface area contributed by atoms with E-state index in [1.165, 1.54) is 12.1 Å². The maximum absolute atomic E-state index is 13.1. The number of hydrogen-bond acceptors (Lipinski definition) is 5. The Labute approximate surface area is 154 Å². The standard InChI is InChI=1S/C18H19F3N4O2/c1-12-10-13(24-17(23-12)25-6-8-27-9-7-25)11-22-16(26)14-4-2-3-5-15(14)18(19,20)21/h2-5,10H,6-9,11H2,1H3,(H,22,26). The van der Waals surface area contributed by atoms with Crippen LogP contribution in [0.5, 0.6) is 0 Å². The SMILES string of the molecule is Cc1cc(CNC(=O)c2ccccc2C(F)(F)F)nc(N2CCOCC2)n1. The van der Waals surface area contributed by atoms with Crippen molar-refractivity contribution in [2.24, 2.45) is 0 Å². The lowest BCUT2D eigenvalue weighted by Crippen LogP contribution is -2.37. The molecule has 0 unspecified atom stereocenters. The van der Waals surface area contributed by atoms with Crippen molar-refractivity contribution in [1.82, 2.24) is 15.3 Å². The Morgan fingerprint density at radius 3 is 2.63 bits per heavy atom. The monoisotopic (exact) mass is 380 g/mol. The third-order valence-corrected chi connectivity index (χ3v) is 4.10. The molecule has 3 rings (SSSR count). The van der Waals surface area contributed by atoms with Gasteiger partial charge < -0.3 is 15.0 Å². The number of anilines is 1. The maximum Gasteiger partial charge on any atom is 0.417 e. The molecule has 2 aromatic rings. The number of ether oxygens (including phenoxy) is 1. The summed E-state index contributed by atoms with van der Waals surface area (Å²) in [5.74, 6) is -0.273. The van der Waals surface area contributed by atoms with Crippen LogP contribution in [0.25, 0.3) is 0 Å². The molecule has 0 spiro atoms. The van der Waals surface area contributed by atoms with Crippen molar-refractivity contribution >= 4 is 11.9 Å². The molecule has 27 heavy (non-hydrogen) atoms. The highest BCUT2D eigenvalue weighted by atomic mass is 19.4. The molecule has 144 valence electrons. The van der Waals surface area contributed by atoms with E-state index in [2.05, 4.69) is 15.3 Å². The Bertz CT molecular complexity index is 820. The highest BCUT2D eigenvalue weighted by molar-refractivity contribution is 5.95. The smallest absolute Gasteiger partial charge is 0.378 e. The van der Waals surface area contributed by atoms with Crippen LogP contribution in [0.3, 0.4) is 0 Å². The predicted molar refractivity (Wildman–Crippen MR) is 92.4 cm³/mol. The number of rotatable bonds is 4. The van der Waals surface area contributed by atoms with Gasteiger partial charge in [0, 0.05) is 18.8 Å². The number of carbonyl (C=O) groups is 1. The molecular formula is C18H19F3N4O2. The van der Waals surface area contributed by atoms with Gasteiger partial charge in [-0.3, -0.25) is 4.79 Å². The molecule has 0 aliphatic carbocycles. The summed E-state index contributed by atoms with van der Waals surface area (Å²) in [6.07, 6.45) is -4.59. The minimum Gasteiger partial charge on any atom is -0.378 e. The minimum atomic E-state index is -4.59. The number of carbonyl (C=O) groups excluding carboxylic acids is 1. The molecule has 0 atom stereocenters. The predicted octanol–water partition coefficient (Wildman–Crippen LogP) is 2.57. The average molecular weight is 380 g/mol. The number of aryl methyl sites for hydroxylation is 1. The highest BCUT2D eigenvalue weighted by Crippen LogP contribution is 2.31. The molecule has 6 nitrogen and oxygen atoms in total. The van der Waals surface area contributed by atoms with Crippen molar-refractivity contribution in [3.63, 3.8) is 0 Å². The summed E-state index contributed by atoms with van der Waals surface area (Å²) < 4.78 is 44.5. The second-order valence-electron chi connectivity index (χ2n) is 6.13. The molecule has 0 radical (unpaired) electrons. The van der Waals surface area contributed by atoms with Gasteiger partial charge in [0.2, 0.25) is 5.95 Å². The Balaban J connectivity index is 1.73. The number of halogens is 3. The molecule has 2 heterocycles. The van der Waals surface area contributed by atoms with Gasteiger partial charge in [-0.1, -0.05) is 12.1 Å². The Kier molecular flexibility index (Phi) is 5.59. The summed E-state index contributed by atoms with van der Waals surface area (Å²) >= 11 is 0. The van der Waals surface area contributed by atoms with E-state index >= 15 is 0 Å². The third-order valence-electron chi connectivity index (χ3n) is 4.10. The quantitative estimate of drug-likeness (QED) is 0.883. The van der Waals surface area contributed by atoms with Gasteiger partial charge >= 0.3 is 6.18 Å². The van der Waals surface area contributed by atoms with E-state index < -0.39 is 23.2 Å². The molecule has 0 saturated carbocycles. The van der Waals surface area contributed by atoms with Gasteiger partial charge in [0.15, 0.2) is 0 Å². The molecule has 1 aromatic carbocycles. The Morgan fingerprint density at radius 1 is 1.22 bits per heavy atom. The zero-order valence-electron chi connectivity index (χ0n) is 14.7. The van der Waals surface area contributed by atoms with E-state index in [4.69, 9.17) is 4.74 Å². The lowest BCUT2D eigenvalue weighted by Gasteiger charge is -2.27. The van der Waals surface area contributed by atoms with Crippen LogP contribution >= 0.6 is 0 Å². The summed E-state index contributed by atoms with van der Waals surface area (Å²) in [4.78, 5) is 23.1. The first-order chi connectivity index (χ1) is 12.8. The minimum absolute atomic E-state index is 0.00568. The van der Waals surface area contributed by atoms with Crippen LogP contribution in [0.1, 0.15) is 27.3 Å². The highest BCUT2D eigenvalue weighted by Gasteiger charge is 2.34. The zero-order valence-corrected chi connectivity index (χ0v) is 14.7. The maximum atomic E-state index is 13.1. The van der Waals surface area contributed by atoms with E-state index in [-0.39, 0.29) is 6.54 Å². The molecule has 1 aliphatic rings. The van der Waals surface area contributed by atoms with E-state index in [1.54, 1.807) is 13.0 Å². The van der Waals surface area contributed by atoms with Crippen molar-refractivity contribution in [3.8, 4) is 0 Å². The van der Waals surface area contributed by atoms with E-state index in [0.29, 0.717) is 43.6 Å². The molecule has 1 N–H and O–H groups in total. The number of aromatic nitrogens is 2. The number of nitrogens with one attached hydrogen (secondary N) is 1. The zero-order chi connectivity index (χ0) is 19.4. The van der Waals surface area contributed by atoms with E-state index in [9.17, 15) is 18.0 Å². The molecule has 1 aliphatic heterocycles. The van der Waals surface area contributed by atoms with Crippen LogP contribution in [0.15, 0.2) is 30.3 Å². The van der Waals surface area contributed by atoms with Gasteiger partial charge in [0.25, 0.3) is 5.91 Å². The normalized spacial score (nSPS) is 14.9. The number of hydrogen-bond donors (Lipinski definition) is 1. The lowest BCUT2D eigenvalue weighted by molar-refractivity contribution is -0.137. The van der Waals surface area contributed by atoms with Crippen molar-refractivity contribution in [2.45, 2.75) is 19.6 Å². The van der Waals surface area contributed by atoms with Crippen molar-refractivity contribution in [3.05, 3.63) is 52.8 Å². The number of morpholine rings is 1. The van der Waals surface area contributed by atoms with Crippen LogP contribution < -0.4 is 10.2 Å². The fourth-order valence-electron chi connectivity index (χ4n) is 2.81. The second-order valence-corrected chi connectivity index (χ2v) is 6.13. The molecule has 9 heteroatoms. The number of benzene rings is 1. The summed E-state index contributed by atoms with van der Waals surface area (Å²) in [6.45, 7) is 4.29. The van der Waals surface area contributed by atoms with Crippen LogP contribution in [-0.4, -0.2) is 42.2 Å². The lowest BCUT2D eigenvalue weighted by atomic mass is 10.1. The van der Waals surface area contributed by atoms with Gasteiger partial charge in [0.1, 0.15) is 0 Å². The molecule has 1 saturated heterocycles. The van der Waals surface area contributed by atoms with Crippen LogP contribution in [0, 0.1) is 6.92 Å². The van der Waals surface area contributed by atoms with Gasteiger partial charge in [0.05, 0.1) is 36.6 Å². The number of alkyl halides is 3. The Hall–Kier alpha value is -2.68. The van der Waals surface area contributed by atoms with Gasteiger partial charge in [-0.05, 0) is 25.1 Å². The van der Waals surface area contributed by atoms with Gasteiger partial charge in [-0.15, -0.1) is 0 Å². The molecule has 1 fully saturated rings. The first-order valence-electron chi connectivity index (χ1n) is 8.46. The summed E-state index contributed by atoms with van der Waals surface area (Å²) in [7, 11) is 0. The first-order valence-corrected chi connectivity index (χ1v) is 8.46. The fourth-order valence-corrected chi connectivity index (χ4v) is 2.81. The fraction of sp³-hybridized carbons (Fsp3) is 0.389. The largest absolute Gasteiger partial charge is 0.417 e. The number of amides is 1. The van der Waals surface area contributed by atoms with Crippen molar-refractivity contribution in [2.75, 3.05) is 31.2 Å². The topological polar surface area (TPSA) is 67.4 Å². The molecule has 0 bridgehead atoms. The summed E-state index contributed by atoms with van der Waals surface area (Å²) in [5, 5.41) is 2.51. The Morgan fingerprint density at radius 2 is 1.93 bits per heavy atom. The first kappa shape index (κ1) is 19.1. The van der Waals surface area contributed by atoms with E-state index in [0.717, 1.165) is 12.1 Å². The van der Waals surface area contributed by atoms with Gasteiger partial charge in [-0.25, -0.2) is 9.97 Å². The second kappa shape index (κ2) is 7.91. The third kappa shape index (κ3) is 4.73. The average Bonchev–Trinajstić information content (AvgIpc) is 2.66. The summed E-state index contributed by atoms with van der Waals surface area (Å²) in [5.41, 5.74) is -0.132. The summed E-state index contributed by atoms with van der Waals surface area (Å²) in [6, 6.07) is 6.39.